The second kappa shape index (κ2) is 4.93. The second-order valence-electron chi connectivity index (χ2n) is 5.56. The van der Waals surface area contributed by atoms with Gasteiger partial charge in [0.05, 0.1) is 24.4 Å². The molecule has 106 valence electrons. The number of benzene rings is 2. The van der Waals surface area contributed by atoms with E-state index in [1.54, 1.807) is 0 Å². The average Bonchev–Trinajstić information content (AvgIpc) is 2.92. The normalized spacial score (nSPS) is 17.8. The molecule has 1 unspecified atom stereocenters. The van der Waals surface area contributed by atoms with E-state index in [0.717, 1.165) is 30.8 Å². The first-order valence-corrected chi connectivity index (χ1v) is 7.35. The lowest BCUT2D eigenvalue weighted by atomic mass is 9.97. The minimum atomic E-state index is 0.102. The quantitative estimate of drug-likeness (QED) is 0.728. The maximum Gasteiger partial charge on any atom is 0.101 e. The van der Waals surface area contributed by atoms with Gasteiger partial charge in [-0.1, -0.05) is 36.4 Å². The van der Waals surface area contributed by atoms with E-state index in [0.29, 0.717) is 0 Å². The van der Waals surface area contributed by atoms with Crippen LogP contribution in [0.15, 0.2) is 54.7 Å². The molecule has 3 aromatic rings. The fourth-order valence-electron chi connectivity index (χ4n) is 3.25. The Balaban J connectivity index is 1.73. The van der Waals surface area contributed by atoms with Gasteiger partial charge in [0.15, 0.2) is 0 Å². The molecule has 0 radical (unpaired) electrons. The molecule has 0 spiro atoms. The molecule has 2 aromatic carbocycles. The van der Waals surface area contributed by atoms with Crippen LogP contribution in [0.25, 0.3) is 10.9 Å². The van der Waals surface area contributed by atoms with Crippen LogP contribution in [0, 0.1) is 0 Å². The third-order valence-electron chi connectivity index (χ3n) is 4.27. The summed E-state index contributed by atoms with van der Waals surface area (Å²) in [7, 11) is 0. The highest BCUT2D eigenvalue weighted by Crippen LogP contribution is 2.30. The van der Waals surface area contributed by atoms with Crippen molar-refractivity contribution in [3.63, 3.8) is 0 Å². The number of ether oxygens (including phenoxy) is 1. The van der Waals surface area contributed by atoms with Gasteiger partial charge < -0.3 is 15.0 Å². The minimum Gasteiger partial charge on any atom is -0.397 e. The van der Waals surface area contributed by atoms with E-state index in [9.17, 15) is 0 Å². The topological polar surface area (TPSA) is 40.2 Å². The summed E-state index contributed by atoms with van der Waals surface area (Å²) < 4.78 is 8.21. The highest BCUT2D eigenvalue weighted by molar-refractivity contribution is 5.90. The van der Waals surface area contributed by atoms with Crippen LogP contribution >= 0.6 is 0 Å². The number of fused-ring (bicyclic) bond motifs is 2. The highest BCUT2D eigenvalue weighted by atomic mass is 16.5. The number of anilines is 1. The van der Waals surface area contributed by atoms with E-state index < -0.39 is 0 Å². The SMILES string of the molecule is Nc1cccc2ccn(CC3OCCc4ccccc43)c12. The summed E-state index contributed by atoms with van der Waals surface area (Å²) in [6.45, 7) is 1.59. The number of para-hydroxylation sites is 1. The Morgan fingerprint density at radius 1 is 1.10 bits per heavy atom. The molecule has 2 N–H and O–H groups in total. The first kappa shape index (κ1) is 12.5. The van der Waals surface area contributed by atoms with E-state index >= 15 is 0 Å². The van der Waals surface area contributed by atoms with Crippen molar-refractivity contribution >= 4 is 16.6 Å². The van der Waals surface area contributed by atoms with Gasteiger partial charge in [0.1, 0.15) is 6.10 Å². The minimum absolute atomic E-state index is 0.102. The Morgan fingerprint density at radius 2 is 2.00 bits per heavy atom. The zero-order valence-electron chi connectivity index (χ0n) is 11.8. The molecule has 3 heteroatoms. The average molecular weight is 278 g/mol. The van der Waals surface area contributed by atoms with Crippen molar-refractivity contribution in [2.45, 2.75) is 19.1 Å². The molecule has 0 amide bonds. The van der Waals surface area contributed by atoms with E-state index in [1.165, 1.54) is 16.5 Å². The number of nitrogens with two attached hydrogens (primary N) is 1. The summed E-state index contributed by atoms with van der Waals surface area (Å²) in [5, 5.41) is 1.18. The molecule has 0 bridgehead atoms. The molecule has 1 aliphatic heterocycles. The Labute approximate surface area is 123 Å². The summed E-state index contributed by atoms with van der Waals surface area (Å²) in [4.78, 5) is 0. The van der Waals surface area contributed by atoms with Crippen LogP contribution in [0.4, 0.5) is 5.69 Å². The van der Waals surface area contributed by atoms with Crippen molar-refractivity contribution in [1.29, 1.82) is 0 Å². The maximum atomic E-state index is 6.14. The van der Waals surface area contributed by atoms with Crippen LogP contribution in [-0.4, -0.2) is 11.2 Å². The zero-order chi connectivity index (χ0) is 14.2. The molecule has 0 fully saturated rings. The molecule has 2 heterocycles. The standard InChI is InChI=1S/C18H18N2O/c19-16-7-3-5-14-8-10-20(18(14)16)12-17-15-6-2-1-4-13(15)9-11-21-17/h1-8,10,17H,9,11-12,19H2. The van der Waals surface area contributed by atoms with Crippen molar-refractivity contribution in [3.8, 4) is 0 Å². The first-order valence-electron chi connectivity index (χ1n) is 7.35. The summed E-state index contributed by atoms with van der Waals surface area (Å²) >= 11 is 0. The molecule has 0 saturated carbocycles. The van der Waals surface area contributed by atoms with Gasteiger partial charge in [-0.25, -0.2) is 0 Å². The van der Waals surface area contributed by atoms with Gasteiger partial charge in [-0.2, -0.15) is 0 Å². The van der Waals surface area contributed by atoms with Crippen LogP contribution < -0.4 is 5.73 Å². The number of aromatic nitrogens is 1. The number of hydrogen-bond donors (Lipinski definition) is 1. The molecule has 1 aromatic heterocycles. The van der Waals surface area contributed by atoms with Crippen molar-refractivity contribution < 1.29 is 4.74 Å². The summed E-state index contributed by atoms with van der Waals surface area (Å²) in [6, 6.07) is 16.7. The fourth-order valence-corrected chi connectivity index (χ4v) is 3.25. The van der Waals surface area contributed by atoms with Crippen molar-refractivity contribution in [2.75, 3.05) is 12.3 Å². The van der Waals surface area contributed by atoms with E-state index in [4.69, 9.17) is 10.5 Å². The third kappa shape index (κ3) is 2.10. The molecule has 3 nitrogen and oxygen atoms in total. The smallest absolute Gasteiger partial charge is 0.101 e. The number of nitrogens with zero attached hydrogens (tertiary/aromatic N) is 1. The second-order valence-corrected chi connectivity index (χ2v) is 5.56. The van der Waals surface area contributed by atoms with Crippen LogP contribution in [-0.2, 0) is 17.7 Å². The predicted molar refractivity (Wildman–Crippen MR) is 85.2 cm³/mol. The zero-order valence-corrected chi connectivity index (χ0v) is 11.8. The summed E-state index contributed by atoms with van der Waals surface area (Å²) in [6.07, 6.45) is 3.20. The van der Waals surface area contributed by atoms with Crippen LogP contribution in [0.2, 0.25) is 0 Å². The molecule has 0 saturated heterocycles. The maximum absolute atomic E-state index is 6.14. The Kier molecular flexibility index (Phi) is 2.93. The molecular formula is C18H18N2O. The molecule has 1 atom stereocenters. The lowest BCUT2D eigenvalue weighted by Crippen LogP contribution is -2.20. The van der Waals surface area contributed by atoms with Crippen LogP contribution in [0.5, 0.6) is 0 Å². The molecule has 21 heavy (non-hydrogen) atoms. The third-order valence-corrected chi connectivity index (χ3v) is 4.27. The molecule has 4 rings (SSSR count). The Morgan fingerprint density at radius 3 is 2.95 bits per heavy atom. The number of nitrogen functional groups attached to an aromatic ring is 1. The molecular weight excluding hydrogens is 260 g/mol. The van der Waals surface area contributed by atoms with Gasteiger partial charge in [-0.15, -0.1) is 0 Å². The summed E-state index contributed by atoms with van der Waals surface area (Å²) in [5.74, 6) is 0. The highest BCUT2D eigenvalue weighted by Gasteiger charge is 2.21. The Bertz CT molecular complexity index is 791. The van der Waals surface area contributed by atoms with Crippen LogP contribution in [0.1, 0.15) is 17.2 Å². The first-order chi connectivity index (χ1) is 10.3. The van der Waals surface area contributed by atoms with Gasteiger partial charge in [0.2, 0.25) is 0 Å². The monoisotopic (exact) mass is 278 g/mol. The number of hydrogen-bond acceptors (Lipinski definition) is 2. The number of rotatable bonds is 2. The van der Waals surface area contributed by atoms with E-state index in [-0.39, 0.29) is 6.10 Å². The molecule has 0 aliphatic carbocycles. The summed E-state index contributed by atoms with van der Waals surface area (Å²) in [5.41, 5.74) is 10.8. The Hall–Kier alpha value is -2.26. The van der Waals surface area contributed by atoms with Gasteiger partial charge >= 0.3 is 0 Å². The van der Waals surface area contributed by atoms with E-state index in [2.05, 4.69) is 47.2 Å². The fraction of sp³-hybridized carbons (Fsp3) is 0.222. The molecule has 1 aliphatic rings. The van der Waals surface area contributed by atoms with Gasteiger partial charge in [-0.05, 0) is 29.7 Å². The van der Waals surface area contributed by atoms with Gasteiger partial charge in [-0.3, -0.25) is 0 Å². The van der Waals surface area contributed by atoms with Crippen molar-refractivity contribution in [2.24, 2.45) is 0 Å². The van der Waals surface area contributed by atoms with Gasteiger partial charge in [0, 0.05) is 11.6 Å². The lowest BCUT2D eigenvalue weighted by molar-refractivity contribution is 0.0314. The van der Waals surface area contributed by atoms with Crippen molar-refractivity contribution in [3.05, 3.63) is 65.9 Å². The predicted octanol–water partition coefficient (Wildman–Crippen LogP) is 3.54. The van der Waals surface area contributed by atoms with E-state index in [1.807, 2.05) is 12.1 Å². The van der Waals surface area contributed by atoms with Crippen LogP contribution in [0.3, 0.4) is 0 Å². The van der Waals surface area contributed by atoms with Gasteiger partial charge in [0.25, 0.3) is 0 Å². The largest absolute Gasteiger partial charge is 0.397 e. The van der Waals surface area contributed by atoms with Crippen molar-refractivity contribution in [1.82, 2.24) is 4.57 Å². The lowest BCUT2D eigenvalue weighted by Gasteiger charge is -2.26.